The van der Waals surface area contributed by atoms with E-state index in [-0.39, 0.29) is 6.61 Å². The van der Waals surface area contributed by atoms with Crippen LogP contribution >= 0.6 is 0 Å². The summed E-state index contributed by atoms with van der Waals surface area (Å²) in [7, 11) is 0. The maximum atomic E-state index is 11.3. The van der Waals surface area contributed by atoms with Crippen LogP contribution in [0.4, 0.5) is 0 Å². The summed E-state index contributed by atoms with van der Waals surface area (Å²) in [5, 5.41) is 20.3. The fourth-order valence-electron chi connectivity index (χ4n) is 3.16. The van der Waals surface area contributed by atoms with Crippen LogP contribution in [-0.2, 0) is 20.9 Å². The van der Waals surface area contributed by atoms with E-state index in [2.05, 4.69) is 0 Å². The fourth-order valence-corrected chi connectivity index (χ4v) is 3.16. The van der Waals surface area contributed by atoms with E-state index in [1.165, 1.54) is 0 Å². The molecule has 0 amide bonds. The lowest BCUT2D eigenvalue weighted by Gasteiger charge is -2.39. The van der Waals surface area contributed by atoms with E-state index in [4.69, 9.17) is 14.6 Å². The summed E-state index contributed by atoms with van der Waals surface area (Å²) in [5.74, 6) is -0.892. The van der Waals surface area contributed by atoms with E-state index in [0.717, 1.165) is 22.3 Å². The maximum Gasteiger partial charge on any atom is 0.216 e. The molecule has 0 bridgehead atoms. The summed E-state index contributed by atoms with van der Waals surface area (Å²) in [5.41, 5.74) is 2.02. The number of fused-ring (bicyclic) bond motifs is 2. The molecular weight excluding hydrogens is 292 g/mol. The molecule has 4 nitrogen and oxygen atoms in total. The molecule has 1 atom stereocenters. The van der Waals surface area contributed by atoms with E-state index in [0.29, 0.717) is 13.2 Å². The minimum atomic E-state index is -1.22. The molecule has 122 valence electrons. The molecule has 0 saturated carbocycles. The molecule has 4 heteroatoms. The number of allylic oxidation sites excluding steroid dienone is 2. The van der Waals surface area contributed by atoms with Gasteiger partial charge in [-0.15, -0.1) is 0 Å². The highest BCUT2D eigenvalue weighted by molar-refractivity contribution is 5.51. The van der Waals surface area contributed by atoms with Crippen LogP contribution in [0.25, 0.3) is 0 Å². The van der Waals surface area contributed by atoms with Crippen LogP contribution < -0.4 is 0 Å². The topological polar surface area (TPSA) is 58.9 Å². The van der Waals surface area contributed by atoms with Crippen LogP contribution in [0.15, 0.2) is 59.7 Å². The van der Waals surface area contributed by atoms with Gasteiger partial charge in [0.1, 0.15) is 5.60 Å². The van der Waals surface area contributed by atoms with Crippen LogP contribution in [-0.4, -0.2) is 30.0 Å². The quantitative estimate of drug-likeness (QED) is 0.665. The number of ether oxygens (including phenoxy) is 2. The van der Waals surface area contributed by atoms with Gasteiger partial charge >= 0.3 is 0 Å². The first-order valence-corrected chi connectivity index (χ1v) is 7.79. The van der Waals surface area contributed by atoms with Crippen molar-refractivity contribution in [2.24, 2.45) is 0 Å². The summed E-state index contributed by atoms with van der Waals surface area (Å²) in [6.45, 7) is 4.80. The minimum absolute atomic E-state index is 0.0230. The highest BCUT2D eigenvalue weighted by Gasteiger charge is 2.47. The van der Waals surface area contributed by atoms with Gasteiger partial charge in [0.15, 0.2) is 0 Å². The van der Waals surface area contributed by atoms with Crippen molar-refractivity contribution in [1.82, 2.24) is 0 Å². The summed E-state index contributed by atoms with van der Waals surface area (Å²) in [4.78, 5) is 0. The Morgan fingerprint density at radius 2 is 1.87 bits per heavy atom. The second kappa shape index (κ2) is 6.06. The highest BCUT2D eigenvalue weighted by atomic mass is 16.7. The van der Waals surface area contributed by atoms with Gasteiger partial charge in [0, 0.05) is 11.1 Å². The lowest BCUT2D eigenvalue weighted by atomic mass is 9.76. The molecule has 1 aliphatic carbocycles. The third kappa shape index (κ3) is 2.68. The Kier molecular flexibility index (Phi) is 4.25. The molecular formula is C19H22O4. The van der Waals surface area contributed by atoms with Crippen LogP contribution in [0.1, 0.15) is 25.0 Å². The SMILES string of the molecule is CC1=CC2(OCCO2)c2ccccc2C1(O)/C=C/C(C)=C/CO. The molecule has 0 radical (unpaired) electrons. The third-order valence-corrected chi connectivity index (χ3v) is 4.44. The Morgan fingerprint density at radius 1 is 1.22 bits per heavy atom. The predicted molar refractivity (Wildman–Crippen MR) is 87.7 cm³/mol. The average Bonchev–Trinajstić information content (AvgIpc) is 3.01. The Hall–Kier alpha value is -1.72. The number of benzene rings is 1. The molecule has 1 heterocycles. The van der Waals surface area contributed by atoms with Crippen LogP contribution in [0.3, 0.4) is 0 Å². The van der Waals surface area contributed by atoms with E-state index in [1.54, 1.807) is 12.2 Å². The van der Waals surface area contributed by atoms with E-state index in [1.807, 2.05) is 50.3 Å². The molecule has 2 aliphatic rings. The van der Waals surface area contributed by atoms with Crippen molar-refractivity contribution < 1.29 is 19.7 Å². The largest absolute Gasteiger partial charge is 0.392 e. The van der Waals surface area contributed by atoms with Gasteiger partial charge in [-0.2, -0.15) is 0 Å². The van der Waals surface area contributed by atoms with Crippen molar-refractivity contribution in [2.75, 3.05) is 19.8 Å². The number of aliphatic hydroxyl groups excluding tert-OH is 1. The van der Waals surface area contributed by atoms with Gasteiger partial charge in [-0.05, 0) is 31.6 Å². The van der Waals surface area contributed by atoms with Crippen molar-refractivity contribution >= 4 is 0 Å². The monoisotopic (exact) mass is 314 g/mol. The molecule has 1 aliphatic heterocycles. The molecule has 2 N–H and O–H groups in total. The number of hydrogen-bond acceptors (Lipinski definition) is 4. The van der Waals surface area contributed by atoms with E-state index in [9.17, 15) is 5.11 Å². The lowest BCUT2D eigenvalue weighted by Crippen LogP contribution is -2.38. The molecule has 1 spiro atoms. The van der Waals surface area contributed by atoms with Gasteiger partial charge in [-0.3, -0.25) is 0 Å². The standard InChI is InChI=1S/C19H22O4/c1-14(8-10-20)7-9-18(21)15(2)13-19(22-11-12-23-19)17-6-4-3-5-16(17)18/h3-9,13,20-21H,10-12H2,1-2H3/b9-7+,14-8+. The lowest BCUT2D eigenvalue weighted by molar-refractivity contribution is -0.130. The zero-order chi connectivity index (χ0) is 16.5. The first-order chi connectivity index (χ1) is 11.0. The second-order valence-electron chi connectivity index (χ2n) is 5.97. The fraction of sp³-hybridized carbons (Fsp3) is 0.368. The van der Waals surface area contributed by atoms with Gasteiger partial charge in [0.2, 0.25) is 5.79 Å². The van der Waals surface area contributed by atoms with Gasteiger partial charge in [-0.25, -0.2) is 0 Å². The van der Waals surface area contributed by atoms with Crippen molar-refractivity contribution in [3.63, 3.8) is 0 Å². The summed E-state index contributed by atoms with van der Waals surface area (Å²) >= 11 is 0. The Morgan fingerprint density at radius 3 is 2.52 bits per heavy atom. The van der Waals surface area contributed by atoms with Crippen LogP contribution in [0.5, 0.6) is 0 Å². The molecule has 1 aromatic rings. The first-order valence-electron chi connectivity index (χ1n) is 7.79. The van der Waals surface area contributed by atoms with Crippen molar-refractivity contribution in [1.29, 1.82) is 0 Å². The van der Waals surface area contributed by atoms with Crippen LogP contribution in [0, 0.1) is 0 Å². The third-order valence-electron chi connectivity index (χ3n) is 4.44. The highest BCUT2D eigenvalue weighted by Crippen LogP contribution is 2.47. The summed E-state index contributed by atoms with van der Waals surface area (Å²) < 4.78 is 11.7. The van der Waals surface area contributed by atoms with Crippen molar-refractivity contribution in [2.45, 2.75) is 25.2 Å². The van der Waals surface area contributed by atoms with Gasteiger partial charge in [0.05, 0.1) is 19.8 Å². The normalized spacial score (nSPS) is 26.6. The number of aliphatic hydroxyl groups is 2. The van der Waals surface area contributed by atoms with Crippen molar-refractivity contribution in [3.05, 3.63) is 70.8 Å². The Bertz CT molecular complexity index is 680. The zero-order valence-electron chi connectivity index (χ0n) is 13.5. The van der Waals surface area contributed by atoms with Crippen molar-refractivity contribution in [3.8, 4) is 0 Å². The molecule has 1 saturated heterocycles. The molecule has 1 fully saturated rings. The zero-order valence-corrected chi connectivity index (χ0v) is 13.5. The van der Waals surface area contributed by atoms with E-state index < -0.39 is 11.4 Å². The number of rotatable bonds is 3. The molecule has 23 heavy (non-hydrogen) atoms. The maximum absolute atomic E-state index is 11.3. The van der Waals surface area contributed by atoms with Gasteiger partial charge < -0.3 is 19.7 Å². The number of hydrogen-bond donors (Lipinski definition) is 2. The molecule has 1 unspecified atom stereocenters. The first kappa shape index (κ1) is 16.1. The van der Waals surface area contributed by atoms with Crippen LogP contribution in [0.2, 0.25) is 0 Å². The minimum Gasteiger partial charge on any atom is -0.392 e. The smallest absolute Gasteiger partial charge is 0.216 e. The predicted octanol–water partition coefficient (Wildman–Crippen LogP) is 2.53. The summed E-state index contributed by atoms with van der Waals surface area (Å²) in [6, 6.07) is 7.64. The van der Waals surface area contributed by atoms with Gasteiger partial charge in [-0.1, -0.05) is 42.0 Å². The molecule has 0 aromatic heterocycles. The summed E-state index contributed by atoms with van der Waals surface area (Å²) in [6.07, 6.45) is 7.12. The Labute approximate surface area is 136 Å². The average molecular weight is 314 g/mol. The van der Waals surface area contributed by atoms with Gasteiger partial charge in [0.25, 0.3) is 0 Å². The molecule has 1 aromatic carbocycles. The second-order valence-corrected chi connectivity index (χ2v) is 5.97. The Balaban J connectivity index is 2.10. The van der Waals surface area contributed by atoms with E-state index >= 15 is 0 Å². The molecule has 3 rings (SSSR count).